The summed E-state index contributed by atoms with van der Waals surface area (Å²) in [6, 6.07) is 8.69. The van der Waals surface area contributed by atoms with Gasteiger partial charge >= 0.3 is 29.6 Å². The fourth-order valence-corrected chi connectivity index (χ4v) is 4.17. The van der Waals surface area contributed by atoms with Gasteiger partial charge in [0.15, 0.2) is 5.17 Å². The third kappa shape index (κ3) is 4.71. The second-order valence-electron chi connectivity index (χ2n) is 5.50. The Labute approximate surface area is 203 Å². The average molecular weight is 460 g/mol. The number of amidine groups is 1. The molecule has 10 heteroatoms. The molecule has 0 saturated carbocycles. The number of amides is 1. The van der Waals surface area contributed by atoms with Gasteiger partial charge in [-0.3, -0.25) is 14.8 Å². The molecule has 0 radical (unpaired) electrons. The fraction of sp³-hybridized carbons (Fsp3) is 0. The van der Waals surface area contributed by atoms with Gasteiger partial charge in [0.2, 0.25) is 0 Å². The number of carbonyl (C=O) groups is 1. The van der Waals surface area contributed by atoms with Crippen molar-refractivity contribution in [2.75, 3.05) is 0 Å². The van der Waals surface area contributed by atoms with Gasteiger partial charge in [-0.15, -0.1) is 0 Å². The molecule has 2 heterocycles. The molecular weight excluding hydrogens is 450 g/mol. The van der Waals surface area contributed by atoms with E-state index in [0.29, 0.717) is 30.8 Å². The number of carbonyl (C=O) groups excluding carboxylic acids is 1. The number of nitrogens with zero attached hydrogens (tertiary/aromatic N) is 3. The summed E-state index contributed by atoms with van der Waals surface area (Å²) in [5.41, 5.74) is 2.73. The number of rotatable bonds is 2. The summed E-state index contributed by atoms with van der Waals surface area (Å²) in [6.45, 7) is 0. The summed E-state index contributed by atoms with van der Waals surface area (Å²) in [6.07, 6.45) is 5.03. The van der Waals surface area contributed by atoms with E-state index in [0.717, 1.165) is 16.6 Å². The van der Waals surface area contributed by atoms with Crippen molar-refractivity contribution in [3.8, 4) is 0 Å². The number of nitrogens with one attached hydrogen (secondary N) is 1. The molecule has 1 fully saturated rings. The predicted octanol–water partition coefficient (Wildman–Crippen LogP) is 2.60. The molecule has 28 heavy (non-hydrogen) atoms. The van der Waals surface area contributed by atoms with Crippen LogP contribution in [0.5, 0.6) is 0 Å². The van der Waals surface area contributed by atoms with Gasteiger partial charge in [0.25, 0.3) is 5.91 Å². The summed E-state index contributed by atoms with van der Waals surface area (Å²) in [5, 5.41) is 4.12. The molecule has 1 aromatic heterocycles. The third-order valence-electron chi connectivity index (χ3n) is 3.64. The first kappa shape index (κ1) is 21.6. The molecule has 3 aromatic rings. The Morgan fingerprint density at radius 1 is 1.04 bits per heavy atom. The topological polar surface area (TPSA) is 67.2 Å². The van der Waals surface area contributed by atoms with Gasteiger partial charge in [-0.2, -0.15) is 0 Å². The van der Waals surface area contributed by atoms with E-state index in [1.165, 1.54) is 11.8 Å². The SMILES string of the molecule is O=C1NC(=Nc2c(Cl)cc(Cl)cc2Cl)S/C1=C/c1ccc2nccnc2c1.[H-].[Na+]. The van der Waals surface area contributed by atoms with Crippen molar-refractivity contribution >= 4 is 80.4 Å². The molecule has 0 spiro atoms. The molecule has 5 nitrogen and oxygen atoms in total. The van der Waals surface area contributed by atoms with Crippen molar-refractivity contribution in [2.45, 2.75) is 0 Å². The maximum Gasteiger partial charge on any atom is 1.00 e. The van der Waals surface area contributed by atoms with E-state index in [-0.39, 0.29) is 36.9 Å². The Hall–Kier alpha value is -1.12. The maximum absolute atomic E-state index is 12.3. The number of aliphatic imine (C=N–C) groups is 1. The van der Waals surface area contributed by atoms with Gasteiger partial charge in [-0.05, 0) is 47.7 Å². The Morgan fingerprint density at radius 3 is 2.43 bits per heavy atom. The van der Waals surface area contributed by atoms with Gasteiger partial charge in [0.1, 0.15) is 5.69 Å². The number of fused-ring (bicyclic) bond motifs is 1. The molecule has 136 valence electrons. The summed E-state index contributed by atoms with van der Waals surface area (Å²) < 4.78 is 0. The van der Waals surface area contributed by atoms with Crippen LogP contribution in [0.1, 0.15) is 6.99 Å². The van der Waals surface area contributed by atoms with Crippen molar-refractivity contribution in [3.63, 3.8) is 0 Å². The van der Waals surface area contributed by atoms with Gasteiger partial charge < -0.3 is 6.74 Å². The normalized spacial score (nSPS) is 16.5. The summed E-state index contributed by atoms with van der Waals surface area (Å²) >= 11 is 19.4. The molecule has 4 rings (SSSR count). The summed E-state index contributed by atoms with van der Waals surface area (Å²) in [5.74, 6) is -0.251. The molecule has 2 aromatic carbocycles. The standard InChI is InChI=1S/C18H9Cl3N4OS.Na.H/c19-10-7-11(20)16(12(21)8-10)24-18-25-17(26)15(27-18)6-9-1-2-13-14(5-9)23-4-3-22-13;;/h1-8H,(H,24,25,26);;/q;+1;-1/b15-6+;;. The summed E-state index contributed by atoms with van der Waals surface area (Å²) in [7, 11) is 0. The van der Waals surface area contributed by atoms with Crippen LogP contribution in [0.3, 0.4) is 0 Å². The first-order valence-electron chi connectivity index (χ1n) is 7.64. The Bertz CT molecular complexity index is 1140. The van der Waals surface area contributed by atoms with E-state index in [1.807, 2.05) is 18.2 Å². The molecule has 1 aliphatic heterocycles. The quantitative estimate of drug-likeness (QED) is 0.473. The molecule has 1 aliphatic rings. The van der Waals surface area contributed by atoms with E-state index in [4.69, 9.17) is 34.8 Å². The maximum atomic E-state index is 12.3. The van der Waals surface area contributed by atoms with Crippen LogP contribution < -0.4 is 34.9 Å². The van der Waals surface area contributed by atoms with E-state index < -0.39 is 0 Å². The van der Waals surface area contributed by atoms with Crippen LogP contribution >= 0.6 is 46.6 Å². The first-order chi connectivity index (χ1) is 13.0. The Morgan fingerprint density at radius 2 is 1.71 bits per heavy atom. The smallest absolute Gasteiger partial charge is 1.00 e. The van der Waals surface area contributed by atoms with Crippen LogP contribution in [-0.4, -0.2) is 21.0 Å². The van der Waals surface area contributed by atoms with Crippen LogP contribution in [0.2, 0.25) is 15.1 Å². The molecule has 1 N–H and O–H groups in total. The van der Waals surface area contributed by atoms with E-state index >= 15 is 0 Å². The minimum atomic E-state index is -0.251. The molecular formula is C18H10Cl3N4NaOS. The van der Waals surface area contributed by atoms with E-state index in [2.05, 4.69) is 20.3 Å². The van der Waals surface area contributed by atoms with Crippen molar-refractivity contribution in [2.24, 2.45) is 4.99 Å². The average Bonchev–Trinajstić information content (AvgIpc) is 2.97. The number of hydrogen-bond acceptors (Lipinski definition) is 5. The van der Waals surface area contributed by atoms with E-state index in [1.54, 1.807) is 30.6 Å². The molecule has 0 aliphatic carbocycles. The molecule has 1 amide bonds. The largest absolute Gasteiger partial charge is 1.00 e. The molecule has 0 unspecified atom stereocenters. The third-order valence-corrected chi connectivity index (χ3v) is 5.34. The van der Waals surface area contributed by atoms with Crippen LogP contribution in [0.4, 0.5) is 5.69 Å². The van der Waals surface area contributed by atoms with Gasteiger partial charge in [-0.1, -0.05) is 40.9 Å². The van der Waals surface area contributed by atoms with Crippen LogP contribution in [0, 0.1) is 0 Å². The van der Waals surface area contributed by atoms with E-state index in [9.17, 15) is 4.79 Å². The van der Waals surface area contributed by atoms with Crippen LogP contribution in [0.25, 0.3) is 17.1 Å². The van der Waals surface area contributed by atoms with Gasteiger partial charge in [0.05, 0.1) is 26.0 Å². The zero-order valence-corrected chi connectivity index (χ0v) is 19.5. The number of halogens is 3. The zero-order valence-electron chi connectivity index (χ0n) is 15.4. The Kier molecular flexibility index (Phi) is 7.04. The number of aromatic nitrogens is 2. The Balaban J connectivity index is 0.00000150. The second-order valence-corrected chi connectivity index (χ2v) is 7.79. The minimum absolute atomic E-state index is 0. The zero-order chi connectivity index (χ0) is 19.0. The number of thioether (sulfide) groups is 1. The van der Waals surface area contributed by atoms with Crippen molar-refractivity contribution in [1.29, 1.82) is 0 Å². The molecule has 0 bridgehead atoms. The molecule has 1 saturated heterocycles. The van der Waals surface area contributed by atoms with Gasteiger partial charge in [0, 0.05) is 17.4 Å². The number of benzene rings is 2. The van der Waals surface area contributed by atoms with Crippen molar-refractivity contribution < 1.29 is 35.8 Å². The van der Waals surface area contributed by atoms with Crippen molar-refractivity contribution in [3.05, 3.63) is 68.3 Å². The predicted molar refractivity (Wildman–Crippen MR) is 113 cm³/mol. The monoisotopic (exact) mass is 458 g/mol. The fourth-order valence-electron chi connectivity index (χ4n) is 2.44. The number of hydrogen-bond donors (Lipinski definition) is 1. The summed E-state index contributed by atoms with van der Waals surface area (Å²) in [4.78, 5) is 25.6. The first-order valence-corrected chi connectivity index (χ1v) is 9.59. The van der Waals surface area contributed by atoms with Crippen LogP contribution in [-0.2, 0) is 4.79 Å². The van der Waals surface area contributed by atoms with Crippen molar-refractivity contribution in [1.82, 2.24) is 15.3 Å². The minimum Gasteiger partial charge on any atom is -1.00 e. The van der Waals surface area contributed by atoms with Gasteiger partial charge in [-0.25, -0.2) is 4.99 Å². The molecule has 0 atom stereocenters. The second kappa shape index (κ2) is 9.13. The van der Waals surface area contributed by atoms with Crippen LogP contribution in [0.15, 0.2) is 52.6 Å².